The second kappa shape index (κ2) is 15.0. The fourth-order valence-electron chi connectivity index (χ4n) is 12.7. The molecule has 0 saturated carbocycles. The van der Waals surface area contributed by atoms with Crippen LogP contribution in [-0.2, 0) is 10.8 Å². The standard InChI is InChI=1S/C68H44/c1-5-24-49(25-6-1)67(50-26-7-2-8-27-50)61-37-19-36-59-65-58-41-39-48(56-35-18-23-46-21-14-16-33-54(46)56)43-63(58)68(51-28-9-3-10-29-51,52-30-11-4-12-31-52)64(65)44-60(66(59)61)57-40-38-47(42-62(57)67)55-34-17-22-45-20-13-15-32-53(45)55/h1-44H. The number of rotatable bonds is 6. The average Bonchev–Trinajstić information content (AvgIpc) is 3.72. The number of hydrogen-bond donors (Lipinski definition) is 0. The molecule has 0 unspecified atom stereocenters. The number of hydrogen-bond acceptors (Lipinski definition) is 0. The molecule has 0 aromatic heterocycles. The van der Waals surface area contributed by atoms with Gasteiger partial charge in [0, 0.05) is 0 Å². The van der Waals surface area contributed by atoms with Gasteiger partial charge in [0.15, 0.2) is 0 Å². The van der Waals surface area contributed by atoms with Crippen LogP contribution in [0.4, 0.5) is 0 Å². The molecule has 316 valence electrons. The lowest BCUT2D eigenvalue weighted by Gasteiger charge is -2.43. The molecule has 12 aromatic carbocycles. The zero-order chi connectivity index (χ0) is 44.8. The Labute approximate surface area is 397 Å². The second-order valence-electron chi connectivity index (χ2n) is 18.6. The van der Waals surface area contributed by atoms with E-state index in [2.05, 4.69) is 267 Å². The molecule has 0 atom stereocenters. The maximum absolute atomic E-state index is 2.61. The topological polar surface area (TPSA) is 0 Å². The Bertz CT molecular complexity index is 3850. The highest BCUT2D eigenvalue weighted by molar-refractivity contribution is 6.15. The van der Waals surface area contributed by atoms with E-state index in [4.69, 9.17) is 0 Å². The lowest BCUT2D eigenvalue weighted by molar-refractivity contribution is 0.748. The van der Waals surface area contributed by atoms with Crippen LogP contribution < -0.4 is 0 Å². The normalized spacial score (nSPS) is 13.8. The molecule has 0 heterocycles. The van der Waals surface area contributed by atoms with E-state index >= 15 is 0 Å². The highest BCUT2D eigenvalue weighted by atomic mass is 14.5. The molecule has 2 aliphatic rings. The van der Waals surface area contributed by atoms with E-state index < -0.39 is 10.8 Å². The van der Waals surface area contributed by atoms with Crippen LogP contribution in [0.25, 0.3) is 76.8 Å². The van der Waals surface area contributed by atoms with Gasteiger partial charge in [-0.2, -0.15) is 0 Å². The fourth-order valence-corrected chi connectivity index (χ4v) is 12.7. The summed E-state index contributed by atoms with van der Waals surface area (Å²) in [4.78, 5) is 0. The summed E-state index contributed by atoms with van der Waals surface area (Å²) >= 11 is 0. The van der Waals surface area contributed by atoms with Gasteiger partial charge in [-0.3, -0.25) is 0 Å². The Kier molecular flexibility index (Phi) is 8.51. The molecular weight excluding hydrogens is 817 g/mol. The van der Waals surface area contributed by atoms with Crippen LogP contribution in [0, 0.1) is 0 Å². The Hall–Kier alpha value is -8.58. The maximum Gasteiger partial charge on any atom is 0.0714 e. The summed E-state index contributed by atoms with van der Waals surface area (Å²) in [5, 5.41) is 7.60. The maximum atomic E-state index is 2.61. The first kappa shape index (κ1) is 38.7. The summed E-state index contributed by atoms with van der Waals surface area (Å²) in [5.41, 5.74) is 19.0. The molecule has 12 aromatic rings. The van der Waals surface area contributed by atoms with Crippen LogP contribution in [0.1, 0.15) is 44.5 Å². The molecule has 68 heavy (non-hydrogen) atoms. The SMILES string of the molecule is c1ccc(C2(c3ccccc3)c3cc(-c4cccc5ccccc45)ccc3-c3c2cc2c4c(cccc34)C(c3ccccc3)(c3ccccc3)c3cc(-c4cccc5ccccc45)ccc3-2)cc1. The van der Waals surface area contributed by atoms with Crippen LogP contribution in [-0.4, -0.2) is 0 Å². The van der Waals surface area contributed by atoms with Crippen molar-refractivity contribution < 1.29 is 0 Å². The van der Waals surface area contributed by atoms with Crippen molar-refractivity contribution in [3.8, 4) is 44.5 Å². The Balaban J connectivity index is 1.15. The van der Waals surface area contributed by atoms with E-state index in [1.54, 1.807) is 0 Å². The summed E-state index contributed by atoms with van der Waals surface area (Å²) in [6, 6.07) is 101. The predicted octanol–water partition coefficient (Wildman–Crippen LogP) is 17.2. The van der Waals surface area contributed by atoms with Gasteiger partial charge in [0.2, 0.25) is 0 Å². The molecule has 0 nitrogen and oxygen atoms in total. The van der Waals surface area contributed by atoms with Gasteiger partial charge in [-0.25, -0.2) is 0 Å². The van der Waals surface area contributed by atoms with Gasteiger partial charge in [-0.05, 0) is 140 Å². The number of fused-ring (bicyclic) bond motifs is 8. The lowest BCUT2D eigenvalue weighted by atomic mass is 9.58. The fraction of sp³-hybridized carbons (Fsp3) is 0.0294. The molecule has 0 radical (unpaired) electrons. The molecule has 0 heteroatoms. The molecule has 0 saturated heterocycles. The van der Waals surface area contributed by atoms with Gasteiger partial charge < -0.3 is 0 Å². The Morgan fingerprint density at radius 2 is 0.618 bits per heavy atom. The summed E-state index contributed by atoms with van der Waals surface area (Å²) < 4.78 is 0. The Morgan fingerprint density at radius 3 is 1.13 bits per heavy atom. The van der Waals surface area contributed by atoms with Crippen molar-refractivity contribution in [1.82, 2.24) is 0 Å². The highest BCUT2D eigenvalue weighted by Crippen LogP contribution is 2.63. The van der Waals surface area contributed by atoms with E-state index in [9.17, 15) is 0 Å². The molecule has 14 rings (SSSR count). The van der Waals surface area contributed by atoms with Gasteiger partial charge in [0.05, 0.1) is 10.8 Å². The molecule has 0 aliphatic heterocycles. The smallest absolute Gasteiger partial charge is 0.0622 e. The van der Waals surface area contributed by atoms with Crippen molar-refractivity contribution in [2.45, 2.75) is 10.8 Å². The summed E-state index contributed by atoms with van der Waals surface area (Å²) in [6.07, 6.45) is 0. The first-order valence-electron chi connectivity index (χ1n) is 23.8. The van der Waals surface area contributed by atoms with Gasteiger partial charge in [-0.1, -0.05) is 249 Å². The van der Waals surface area contributed by atoms with Crippen LogP contribution in [0.3, 0.4) is 0 Å². The van der Waals surface area contributed by atoms with Crippen molar-refractivity contribution in [3.63, 3.8) is 0 Å². The van der Waals surface area contributed by atoms with Crippen molar-refractivity contribution in [3.05, 3.63) is 311 Å². The number of benzene rings is 12. The van der Waals surface area contributed by atoms with Gasteiger partial charge in [0.25, 0.3) is 0 Å². The van der Waals surface area contributed by atoms with E-state index in [0.29, 0.717) is 0 Å². The molecule has 0 spiro atoms. The third-order valence-electron chi connectivity index (χ3n) is 15.4. The van der Waals surface area contributed by atoms with Gasteiger partial charge in [-0.15, -0.1) is 0 Å². The minimum Gasteiger partial charge on any atom is -0.0622 e. The van der Waals surface area contributed by atoms with Crippen molar-refractivity contribution in [2.24, 2.45) is 0 Å². The van der Waals surface area contributed by atoms with Gasteiger partial charge >= 0.3 is 0 Å². The molecule has 0 fully saturated rings. The van der Waals surface area contributed by atoms with Crippen LogP contribution in [0.5, 0.6) is 0 Å². The third kappa shape index (κ3) is 5.32. The van der Waals surface area contributed by atoms with Crippen LogP contribution in [0.15, 0.2) is 267 Å². The summed E-state index contributed by atoms with van der Waals surface area (Å²) in [7, 11) is 0. The van der Waals surface area contributed by atoms with Crippen molar-refractivity contribution >= 4 is 32.3 Å². The summed E-state index contributed by atoms with van der Waals surface area (Å²) in [6.45, 7) is 0. The minimum absolute atomic E-state index is 0.620. The zero-order valence-electron chi connectivity index (χ0n) is 37.4. The predicted molar refractivity (Wildman–Crippen MR) is 284 cm³/mol. The quantitative estimate of drug-likeness (QED) is 0.156. The monoisotopic (exact) mass is 860 g/mol. The first-order valence-corrected chi connectivity index (χ1v) is 23.8. The third-order valence-corrected chi connectivity index (χ3v) is 15.4. The molecule has 0 N–H and O–H groups in total. The average molecular weight is 861 g/mol. The molecule has 0 bridgehead atoms. The van der Waals surface area contributed by atoms with Crippen molar-refractivity contribution in [2.75, 3.05) is 0 Å². The van der Waals surface area contributed by atoms with Crippen molar-refractivity contribution in [1.29, 1.82) is 0 Å². The largest absolute Gasteiger partial charge is 0.0714 e. The van der Waals surface area contributed by atoms with E-state index in [-0.39, 0.29) is 0 Å². The first-order chi connectivity index (χ1) is 33.7. The van der Waals surface area contributed by atoms with Crippen LogP contribution >= 0.6 is 0 Å². The minimum atomic E-state index is -0.630. The lowest BCUT2D eigenvalue weighted by Crippen LogP contribution is -2.34. The van der Waals surface area contributed by atoms with Crippen LogP contribution in [0.2, 0.25) is 0 Å². The molecule has 0 amide bonds. The molecular formula is C68H44. The van der Waals surface area contributed by atoms with E-state index in [1.807, 2.05) is 0 Å². The summed E-state index contributed by atoms with van der Waals surface area (Å²) in [5.74, 6) is 0. The molecule has 2 aliphatic carbocycles. The zero-order valence-corrected chi connectivity index (χ0v) is 37.4. The van der Waals surface area contributed by atoms with E-state index in [1.165, 1.54) is 121 Å². The van der Waals surface area contributed by atoms with E-state index in [0.717, 1.165) is 0 Å². The van der Waals surface area contributed by atoms with Gasteiger partial charge in [0.1, 0.15) is 0 Å². The Morgan fingerprint density at radius 1 is 0.221 bits per heavy atom. The second-order valence-corrected chi connectivity index (χ2v) is 18.6. The highest BCUT2D eigenvalue weighted by Gasteiger charge is 2.50.